The molecule has 0 amide bonds. The molecule has 0 atom stereocenters. The fourth-order valence-electron chi connectivity index (χ4n) is 1.98. The second kappa shape index (κ2) is 5.83. The van der Waals surface area contributed by atoms with Crippen LogP contribution in [0.4, 0.5) is 0 Å². The molecule has 0 saturated carbocycles. The maximum absolute atomic E-state index is 11.1. The van der Waals surface area contributed by atoms with Crippen molar-refractivity contribution in [2.24, 2.45) is 10.8 Å². The third-order valence-corrected chi connectivity index (χ3v) is 2.95. The van der Waals surface area contributed by atoms with E-state index in [2.05, 4.69) is 10.5 Å². The van der Waals surface area contributed by atoms with Crippen molar-refractivity contribution in [2.75, 3.05) is 7.05 Å². The lowest BCUT2D eigenvalue weighted by Gasteiger charge is -2.06. The van der Waals surface area contributed by atoms with Gasteiger partial charge in [-0.3, -0.25) is 9.36 Å². The predicted octanol–water partition coefficient (Wildman–Crippen LogP) is 0.664. The number of nitrogens with zero attached hydrogens (tertiary/aromatic N) is 2. The molecular weight excluding hydrogens is 254 g/mol. The van der Waals surface area contributed by atoms with E-state index in [9.17, 15) is 4.79 Å². The van der Waals surface area contributed by atoms with Crippen molar-refractivity contribution >= 4 is 29.0 Å². The molecule has 0 saturated heterocycles. The number of aromatic nitrogens is 1. The molecule has 1 aromatic carbocycles. The molecule has 6 nitrogen and oxygen atoms in total. The van der Waals surface area contributed by atoms with Crippen LogP contribution in [0.1, 0.15) is 5.56 Å². The maximum atomic E-state index is 11.1. The van der Waals surface area contributed by atoms with Crippen LogP contribution in [0.5, 0.6) is 0 Å². The number of fused-ring (bicyclic) bond motifs is 1. The van der Waals surface area contributed by atoms with Gasteiger partial charge in [0.05, 0.1) is 0 Å². The van der Waals surface area contributed by atoms with Crippen LogP contribution in [0.25, 0.3) is 16.3 Å². The lowest BCUT2D eigenvalue weighted by molar-refractivity contribution is 0.544. The average molecular weight is 269 g/mol. The number of allylic oxidation sites excluding steroid dienone is 1. The Morgan fingerprint density at radius 2 is 2.25 bits per heavy atom. The molecule has 2 aromatic rings. The monoisotopic (exact) mass is 269 g/mol. The standard InChI is InChI=1S/C14H15N5O/c1-17-18-14-13-6-11(12(7-15)8-16)3-2-10(13)4-5-19(14)9-20/h2-9,15,17H,16H2,1H3/b12-8+,15-7?,18-14-. The summed E-state index contributed by atoms with van der Waals surface area (Å²) in [6.07, 6.45) is 4.91. The number of carbonyl (C=O) groups excluding carboxylic acids is 1. The number of benzene rings is 1. The van der Waals surface area contributed by atoms with Crippen molar-refractivity contribution in [3.8, 4) is 0 Å². The molecule has 0 aliphatic carbocycles. The van der Waals surface area contributed by atoms with Crippen molar-refractivity contribution in [3.63, 3.8) is 0 Å². The SMILES string of the molecule is CN/N=c1/c2cc(/C(C=N)=C/N)ccc2ccn1C=O. The summed E-state index contributed by atoms with van der Waals surface area (Å²) in [4.78, 5) is 11.1. The summed E-state index contributed by atoms with van der Waals surface area (Å²) in [6, 6.07) is 7.47. The van der Waals surface area contributed by atoms with E-state index in [0.29, 0.717) is 17.5 Å². The van der Waals surface area contributed by atoms with Gasteiger partial charge in [-0.1, -0.05) is 12.1 Å². The van der Waals surface area contributed by atoms with Gasteiger partial charge in [-0.25, -0.2) is 0 Å². The molecule has 20 heavy (non-hydrogen) atoms. The number of pyridine rings is 1. The van der Waals surface area contributed by atoms with Gasteiger partial charge in [-0.05, 0) is 23.1 Å². The first-order chi connectivity index (χ1) is 9.74. The van der Waals surface area contributed by atoms with E-state index in [1.165, 1.54) is 17.0 Å². The number of carbonyl (C=O) groups is 1. The van der Waals surface area contributed by atoms with Gasteiger partial charge in [0.2, 0.25) is 6.41 Å². The first kappa shape index (κ1) is 13.5. The van der Waals surface area contributed by atoms with Gasteiger partial charge in [-0.2, -0.15) is 5.10 Å². The van der Waals surface area contributed by atoms with Gasteiger partial charge in [-0.15, -0.1) is 0 Å². The summed E-state index contributed by atoms with van der Waals surface area (Å²) in [5.41, 5.74) is 10.1. The average Bonchev–Trinajstić information content (AvgIpc) is 2.49. The zero-order valence-corrected chi connectivity index (χ0v) is 11.0. The fourth-order valence-corrected chi connectivity index (χ4v) is 1.98. The van der Waals surface area contributed by atoms with Crippen molar-refractivity contribution in [1.82, 2.24) is 9.99 Å². The van der Waals surface area contributed by atoms with E-state index in [0.717, 1.165) is 16.3 Å². The van der Waals surface area contributed by atoms with Crippen LogP contribution in [0, 0.1) is 5.41 Å². The minimum atomic E-state index is 0.503. The zero-order chi connectivity index (χ0) is 14.5. The molecule has 0 unspecified atom stereocenters. The summed E-state index contributed by atoms with van der Waals surface area (Å²) in [7, 11) is 1.67. The number of hydrogen-bond donors (Lipinski definition) is 3. The molecule has 102 valence electrons. The van der Waals surface area contributed by atoms with Gasteiger partial charge in [0.1, 0.15) is 0 Å². The highest BCUT2D eigenvalue weighted by molar-refractivity contribution is 6.09. The molecule has 0 bridgehead atoms. The number of hydrogen-bond acceptors (Lipinski definition) is 5. The molecule has 0 fully saturated rings. The number of nitrogens with one attached hydrogen (secondary N) is 2. The van der Waals surface area contributed by atoms with Crippen LogP contribution in [-0.4, -0.2) is 24.2 Å². The molecule has 0 aliphatic heterocycles. The lowest BCUT2D eigenvalue weighted by Crippen LogP contribution is -2.23. The summed E-state index contributed by atoms with van der Waals surface area (Å²) in [5.74, 6) is 0. The van der Waals surface area contributed by atoms with E-state index in [1.54, 1.807) is 13.2 Å². The van der Waals surface area contributed by atoms with E-state index < -0.39 is 0 Å². The van der Waals surface area contributed by atoms with E-state index in [4.69, 9.17) is 11.1 Å². The molecule has 4 N–H and O–H groups in total. The minimum absolute atomic E-state index is 0.503. The molecule has 1 heterocycles. The van der Waals surface area contributed by atoms with Crippen molar-refractivity contribution in [2.45, 2.75) is 0 Å². The van der Waals surface area contributed by atoms with Crippen LogP contribution >= 0.6 is 0 Å². The van der Waals surface area contributed by atoms with Crippen LogP contribution in [0.15, 0.2) is 41.8 Å². The summed E-state index contributed by atoms with van der Waals surface area (Å²) < 4.78 is 1.39. The smallest absolute Gasteiger partial charge is 0.219 e. The highest BCUT2D eigenvalue weighted by atomic mass is 16.1. The minimum Gasteiger partial charge on any atom is -0.404 e. The zero-order valence-electron chi connectivity index (χ0n) is 11.0. The largest absolute Gasteiger partial charge is 0.404 e. The highest BCUT2D eigenvalue weighted by Gasteiger charge is 2.04. The molecule has 0 aliphatic rings. The van der Waals surface area contributed by atoms with Gasteiger partial charge in [0, 0.05) is 36.6 Å². The Morgan fingerprint density at radius 3 is 2.85 bits per heavy atom. The molecule has 0 spiro atoms. The van der Waals surface area contributed by atoms with Crippen molar-refractivity contribution in [3.05, 3.63) is 47.7 Å². The molecular formula is C14H15N5O. The van der Waals surface area contributed by atoms with Gasteiger partial charge >= 0.3 is 0 Å². The van der Waals surface area contributed by atoms with Crippen LogP contribution in [-0.2, 0) is 4.79 Å². The number of nitrogens with two attached hydrogens (primary N) is 1. The quantitative estimate of drug-likeness (QED) is 0.432. The Balaban J connectivity index is 2.84. The van der Waals surface area contributed by atoms with Crippen molar-refractivity contribution < 1.29 is 4.79 Å². The molecule has 0 radical (unpaired) electrons. The van der Waals surface area contributed by atoms with E-state index in [-0.39, 0.29) is 0 Å². The highest BCUT2D eigenvalue weighted by Crippen LogP contribution is 2.17. The van der Waals surface area contributed by atoms with Gasteiger partial charge < -0.3 is 16.6 Å². The Labute approximate surface area is 115 Å². The Bertz CT molecular complexity index is 758. The van der Waals surface area contributed by atoms with Crippen LogP contribution in [0.3, 0.4) is 0 Å². The van der Waals surface area contributed by atoms with Crippen LogP contribution < -0.4 is 16.6 Å². The maximum Gasteiger partial charge on any atom is 0.219 e. The van der Waals surface area contributed by atoms with E-state index >= 15 is 0 Å². The summed E-state index contributed by atoms with van der Waals surface area (Å²) in [5, 5.41) is 13.2. The summed E-state index contributed by atoms with van der Waals surface area (Å²) in [6.45, 7) is 0. The first-order valence-corrected chi connectivity index (χ1v) is 5.98. The van der Waals surface area contributed by atoms with Crippen molar-refractivity contribution in [1.29, 1.82) is 5.41 Å². The molecule has 2 rings (SSSR count). The number of rotatable bonds is 4. The predicted molar refractivity (Wildman–Crippen MR) is 79.7 cm³/mol. The Kier molecular flexibility index (Phi) is 3.95. The molecule has 1 aromatic heterocycles. The normalized spacial score (nSPS) is 12.4. The fraction of sp³-hybridized carbons (Fsp3) is 0.0714. The third kappa shape index (κ3) is 2.31. The Hall–Kier alpha value is -2.89. The second-order valence-electron chi connectivity index (χ2n) is 4.06. The third-order valence-electron chi connectivity index (χ3n) is 2.95. The first-order valence-electron chi connectivity index (χ1n) is 5.98. The lowest BCUT2D eigenvalue weighted by atomic mass is 10.0. The van der Waals surface area contributed by atoms with E-state index in [1.807, 2.05) is 24.3 Å². The Morgan fingerprint density at radius 1 is 1.45 bits per heavy atom. The summed E-state index contributed by atoms with van der Waals surface area (Å²) >= 11 is 0. The van der Waals surface area contributed by atoms with Gasteiger partial charge in [0.25, 0.3) is 0 Å². The van der Waals surface area contributed by atoms with Crippen LogP contribution in [0.2, 0.25) is 0 Å². The van der Waals surface area contributed by atoms with Gasteiger partial charge in [0.15, 0.2) is 5.49 Å². The molecule has 6 heteroatoms. The second-order valence-corrected chi connectivity index (χ2v) is 4.06. The topological polar surface area (TPSA) is 96.3 Å².